The van der Waals surface area contributed by atoms with Crippen LogP contribution in [0.3, 0.4) is 0 Å². The van der Waals surface area contributed by atoms with E-state index in [9.17, 15) is 4.79 Å². The summed E-state index contributed by atoms with van der Waals surface area (Å²) < 4.78 is 0. The molecule has 1 aliphatic carbocycles. The minimum atomic E-state index is -0.181. The van der Waals surface area contributed by atoms with Crippen molar-refractivity contribution in [3.8, 4) is 10.6 Å². The van der Waals surface area contributed by atoms with E-state index in [0.717, 1.165) is 40.0 Å². The number of benzene rings is 1. The van der Waals surface area contributed by atoms with Gasteiger partial charge in [-0.05, 0) is 54.2 Å². The predicted molar refractivity (Wildman–Crippen MR) is 117 cm³/mol. The lowest BCUT2D eigenvalue weighted by Crippen LogP contribution is -2.30. The molecular weight excluding hydrogens is 366 g/mol. The molecule has 1 amide bonds. The first-order valence-electron chi connectivity index (χ1n) is 9.71. The second-order valence-corrected chi connectivity index (χ2v) is 9.47. The highest BCUT2D eigenvalue weighted by molar-refractivity contribution is 7.13. The van der Waals surface area contributed by atoms with Gasteiger partial charge in [-0.15, -0.1) is 11.3 Å². The van der Waals surface area contributed by atoms with Crippen LogP contribution < -0.4 is 5.43 Å². The molecule has 3 aromatic rings. The van der Waals surface area contributed by atoms with E-state index < -0.39 is 0 Å². The van der Waals surface area contributed by atoms with Gasteiger partial charge in [0.05, 0.1) is 21.7 Å². The summed E-state index contributed by atoms with van der Waals surface area (Å²) in [6, 6.07) is 13.7. The molecule has 1 aromatic carbocycles. The quantitative estimate of drug-likeness (QED) is 0.566. The van der Waals surface area contributed by atoms with Gasteiger partial charge in [0, 0.05) is 11.1 Å². The van der Waals surface area contributed by atoms with Gasteiger partial charge in [-0.25, -0.2) is 10.4 Å². The molecule has 1 aliphatic rings. The van der Waals surface area contributed by atoms with Gasteiger partial charge in [-0.1, -0.05) is 45.0 Å². The van der Waals surface area contributed by atoms with Crippen molar-refractivity contribution in [2.75, 3.05) is 0 Å². The van der Waals surface area contributed by atoms with E-state index in [-0.39, 0.29) is 11.3 Å². The van der Waals surface area contributed by atoms with Crippen LogP contribution in [0.4, 0.5) is 0 Å². The fourth-order valence-corrected chi connectivity index (χ4v) is 4.99. The number of aromatic nitrogens is 1. The van der Waals surface area contributed by atoms with E-state index in [1.165, 1.54) is 6.42 Å². The Morgan fingerprint density at radius 2 is 2.07 bits per heavy atom. The smallest absolute Gasteiger partial charge is 0.267 e. The highest BCUT2D eigenvalue weighted by Crippen LogP contribution is 2.37. The fraction of sp³-hybridized carbons (Fsp3) is 0.348. The van der Waals surface area contributed by atoms with Crippen molar-refractivity contribution in [3.63, 3.8) is 0 Å². The van der Waals surface area contributed by atoms with E-state index in [0.29, 0.717) is 11.5 Å². The SMILES string of the molecule is CC1C/C(=N\NC(=O)c2cc(-c3cccs3)nc3ccccc23)CC(C)(C)C1. The minimum Gasteiger partial charge on any atom is -0.267 e. The lowest BCUT2D eigenvalue weighted by Gasteiger charge is -2.34. The molecule has 144 valence electrons. The third-order valence-electron chi connectivity index (χ3n) is 5.22. The lowest BCUT2D eigenvalue weighted by atomic mass is 9.72. The first-order valence-corrected chi connectivity index (χ1v) is 10.6. The first-order chi connectivity index (χ1) is 13.4. The van der Waals surface area contributed by atoms with Crippen LogP contribution in [0.2, 0.25) is 0 Å². The Morgan fingerprint density at radius 3 is 2.82 bits per heavy atom. The molecular formula is C23H25N3OS. The molecule has 2 heterocycles. The Hall–Kier alpha value is -2.53. The average molecular weight is 392 g/mol. The van der Waals surface area contributed by atoms with Crippen LogP contribution in [0.5, 0.6) is 0 Å². The minimum absolute atomic E-state index is 0.181. The molecule has 4 nitrogen and oxygen atoms in total. The molecule has 0 saturated heterocycles. The second kappa shape index (κ2) is 7.47. The molecule has 0 radical (unpaired) electrons. The molecule has 0 spiro atoms. The molecule has 0 bridgehead atoms. The Bertz CT molecular complexity index is 1040. The molecule has 5 heteroatoms. The lowest BCUT2D eigenvalue weighted by molar-refractivity contribution is 0.0955. The largest absolute Gasteiger partial charge is 0.272 e. The highest BCUT2D eigenvalue weighted by atomic mass is 32.1. The van der Waals surface area contributed by atoms with Crippen molar-refractivity contribution in [2.45, 2.75) is 40.0 Å². The maximum Gasteiger partial charge on any atom is 0.272 e. The number of para-hydroxylation sites is 1. The first kappa shape index (κ1) is 18.8. The number of hydrogen-bond donors (Lipinski definition) is 1. The molecule has 0 aliphatic heterocycles. The van der Waals surface area contributed by atoms with Crippen molar-refractivity contribution < 1.29 is 4.79 Å². The normalized spacial score (nSPS) is 20.4. The summed E-state index contributed by atoms with van der Waals surface area (Å²) in [6.45, 7) is 6.79. The zero-order valence-electron chi connectivity index (χ0n) is 16.5. The molecule has 1 atom stereocenters. The molecule has 2 aromatic heterocycles. The van der Waals surface area contributed by atoms with Gasteiger partial charge in [0.15, 0.2) is 0 Å². The molecule has 1 fully saturated rings. The standard InChI is InChI=1S/C23H25N3OS/c1-15-11-16(14-23(2,3)13-15)25-26-22(27)18-12-20(21-9-6-10-28-21)24-19-8-5-4-7-17(18)19/h4-10,12,15H,11,13-14H2,1-3H3,(H,26,27)/b25-16+. The summed E-state index contributed by atoms with van der Waals surface area (Å²) in [6.07, 6.45) is 3.07. The zero-order chi connectivity index (χ0) is 19.7. The molecule has 1 saturated carbocycles. The van der Waals surface area contributed by atoms with Gasteiger partial charge >= 0.3 is 0 Å². The second-order valence-electron chi connectivity index (χ2n) is 8.52. The summed E-state index contributed by atoms with van der Waals surface area (Å²) in [5.41, 5.74) is 6.38. The van der Waals surface area contributed by atoms with Crippen molar-refractivity contribution in [1.82, 2.24) is 10.4 Å². The molecule has 1 N–H and O–H groups in total. The summed E-state index contributed by atoms with van der Waals surface area (Å²) in [5, 5.41) is 7.37. The van der Waals surface area contributed by atoms with Crippen molar-refractivity contribution in [3.05, 3.63) is 53.4 Å². The van der Waals surface area contributed by atoms with Crippen molar-refractivity contribution in [2.24, 2.45) is 16.4 Å². The maximum absolute atomic E-state index is 13.0. The Balaban J connectivity index is 1.66. The third-order valence-corrected chi connectivity index (χ3v) is 6.11. The summed E-state index contributed by atoms with van der Waals surface area (Å²) >= 11 is 1.62. The number of thiophene rings is 1. The zero-order valence-corrected chi connectivity index (χ0v) is 17.3. The van der Waals surface area contributed by atoms with E-state index in [1.807, 2.05) is 47.8 Å². The van der Waals surface area contributed by atoms with Crippen LogP contribution in [-0.2, 0) is 0 Å². The number of amides is 1. The van der Waals surface area contributed by atoms with Gasteiger partial charge in [0.1, 0.15) is 0 Å². The third kappa shape index (κ3) is 3.99. The van der Waals surface area contributed by atoms with Crippen LogP contribution in [0, 0.1) is 11.3 Å². The van der Waals surface area contributed by atoms with Crippen LogP contribution in [0.1, 0.15) is 50.4 Å². The number of hydrogen-bond acceptors (Lipinski definition) is 4. The van der Waals surface area contributed by atoms with Gasteiger partial charge in [0.2, 0.25) is 0 Å². The monoisotopic (exact) mass is 391 g/mol. The molecule has 4 rings (SSSR count). The Labute approximate surface area is 169 Å². The summed E-state index contributed by atoms with van der Waals surface area (Å²) in [7, 11) is 0. The van der Waals surface area contributed by atoms with Crippen LogP contribution in [0.15, 0.2) is 52.9 Å². The highest BCUT2D eigenvalue weighted by Gasteiger charge is 2.29. The van der Waals surface area contributed by atoms with E-state index >= 15 is 0 Å². The van der Waals surface area contributed by atoms with E-state index in [2.05, 4.69) is 31.3 Å². The van der Waals surface area contributed by atoms with E-state index in [1.54, 1.807) is 11.3 Å². The summed E-state index contributed by atoms with van der Waals surface area (Å²) in [4.78, 5) is 18.8. The Morgan fingerprint density at radius 1 is 1.25 bits per heavy atom. The number of hydrazone groups is 1. The maximum atomic E-state index is 13.0. The number of fused-ring (bicyclic) bond motifs is 1. The molecule has 28 heavy (non-hydrogen) atoms. The topological polar surface area (TPSA) is 54.4 Å². The number of pyridine rings is 1. The van der Waals surface area contributed by atoms with Gasteiger partial charge in [0.25, 0.3) is 5.91 Å². The van der Waals surface area contributed by atoms with Crippen molar-refractivity contribution >= 4 is 33.9 Å². The number of carbonyl (C=O) groups is 1. The van der Waals surface area contributed by atoms with Gasteiger partial charge < -0.3 is 0 Å². The van der Waals surface area contributed by atoms with Gasteiger partial charge in [-0.3, -0.25) is 4.79 Å². The molecule has 1 unspecified atom stereocenters. The van der Waals surface area contributed by atoms with Crippen molar-refractivity contribution in [1.29, 1.82) is 0 Å². The van der Waals surface area contributed by atoms with Crippen LogP contribution in [0.25, 0.3) is 21.5 Å². The average Bonchev–Trinajstić information content (AvgIpc) is 3.18. The number of nitrogens with zero attached hydrogens (tertiary/aromatic N) is 2. The van der Waals surface area contributed by atoms with Crippen LogP contribution in [-0.4, -0.2) is 16.6 Å². The summed E-state index contributed by atoms with van der Waals surface area (Å²) in [5.74, 6) is 0.409. The number of carbonyl (C=O) groups excluding carboxylic acids is 1. The number of nitrogens with one attached hydrogen (secondary N) is 1. The Kier molecular flexibility index (Phi) is 5.02. The van der Waals surface area contributed by atoms with Gasteiger partial charge in [-0.2, -0.15) is 5.10 Å². The number of rotatable bonds is 3. The van der Waals surface area contributed by atoms with Crippen LogP contribution >= 0.6 is 11.3 Å². The van der Waals surface area contributed by atoms with E-state index in [4.69, 9.17) is 4.98 Å². The fourth-order valence-electron chi connectivity index (χ4n) is 4.30. The predicted octanol–water partition coefficient (Wildman–Crippen LogP) is 5.90.